The second-order valence-corrected chi connectivity index (χ2v) is 10.1. The van der Waals surface area contributed by atoms with Crippen molar-refractivity contribution in [3.8, 4) is 0 Å². The van der Waals surface area contributed by atoms with Crippen LogP contribution in [0.4, 0.5) is 26.4 Å². The summed E-state index contributed by atoms with van der Waals surface area (Å²) in [6.07, 6.45) is 0.331. The van der Waals surface area contributed by atoms with Crippen LogP contribution in [0.25, 0.3) is 0 Å². The van der Waals surface area contributed by atoms with E-state index in [0.29, 0.717) is 43.4 Å². The summed E-state index contributed by atoms with van der Waals surface area (Å²) in [6.45, 7) is 4.27. The average Bonchev–Trinajstić information content (AvgIpc) is 2.80. The number of anilines is 3. The highest BCUT2D eigenvalue weighted by Crippen LogP contribution is 2.21. The van der Waals surface area contributed by atoms with Crippen molar-refractivity contribution < 1.29 is 22.7 Å². The highest BCUT2D eigenvalue weighted by atomic mass is 32.2. The van der Waals surface area contributed by atoms with Crippen LogP contribution in [-0.2, 0) is 16.6 Å². The van der Waals surface area contributed by atoms with Crippen molar-refractivity contribution in [2.75, 3.05) is 29.7 Å². The molecule has 1 aliphatic rings. The topological polar surface area (TPSA) is 115 Å². The first kappa shape index (κ1) is 24.4. The summed E-state index contributed by atoms with van der Waals surface area (Å²) in [5, 5.41) is 12.1. The predicted octanol–water partition coefficient (Wildman–Crippen LogP) is 3.95. The molecule has 11 heteroatoms. The normalized spacial score (nSPS) is 16.6. The van der Waals surface area contributed by atoms with Crippen molar-refractivity contribution in [2.24, 2.45) is 0 Å². The van der Waals surface area contributed by atoms with Crippen molar-refractivity contribution in [2.45, 2.75) is 24.4 Å². The fourth-order valence-electron chi connectivity index (χ4n) is 3.94. The molecule has 0 saturated carbocycles. The third kappa shape index (κ3) is 6.25. The molecule has 2 aromatic carbocycles. The number of nitrogens with zero attached hydrogens (tertiary/aromatic N) is 3. The van der Waals surface area contributed by atoms with Crippen molar-refractivity contribution in [1.29, 1.82) is 0 Å². The molecule has 1 amide bonds. The van der Waals surface area contributed by atoms with E-state index in [4.69, 9.17) is 0 Å². The molecule has 35 heavy (non-hydrogen) atoms. The largest absolute Gasteiger partial charge is 0.465 e. The molecule has 184 valence electrons. The second-order valence-electron chi connectivity index (χ2n) is 8.38. The lowest BCUT2D eigenvalue weighted by Gasteiger charge is -2.38. The highest BCUT2D eigenvalue weighted by Gasteiger charge is 2.26. The summed E-state index contributed by atoms with van der Waals surface area (Å²) in [5.74, 6) is -0.00265. The molecule has 2 heterocycles. The third-order valence-electron chi connectivity index (χ3n) is 5.71. The Hall–Kier alpha value is -3.70. The molecule has 0 radical (unpaired) electrons. The van der Waals surface area contributed by atoms with Gasteiger partial charge in [-0.1, -0.05) is 18.2 Å². The number of piperazine rings is 1. The Morgan fingerprint density at radius 2 is 1.89 bits per heavy atom. The predicted molar refractivity (Wildman–Crippen MR) is 131 cm³/mol. The molecule has 0 unspecified atom stereocenters. The van der Waals surface area contributed by atoms with Crippen LogP contribution in [0.2, 0.25) is 0 Å². The molecule has 1 fully saturated rings. The molecule has 9 nitrogen and oxygen atoms in total. The zero-order valence-electron chi connectivity index (χ0n) is 19.1. The number of pyridine rings is 1. The molecule has 4 rings (SSSR count). The second kappa shape index (κ2) is 10.3. The SMILES string of the molecule is C[C@H]1CN(Cc2ccc(NS(=O)(=O)c3ccc(Nc4cccc(F)c4)nc3)cc2)CCN1C(=O)O. The molecule has 1 aromatic heterocycles. The van der Waals surface area contributed by atoms with Gasteiger partial charge in [0.15, 0.2) is 0 Å². The maximum Gasteiger partial charge on any atom is 0.407 e. The van der Waals surface area contributed by atoms with Gasteiger partial charge in [0.2, 0.25) is 0 Å². The first-order valence-electron chi connectivity index (χ1n) is 11.0. The summed E-state index contributed by atoms with van der Waals surface area (Å²) in [5.41, 5.74) is 1.92. The number of amides is 1. The van der Waals surface area contributed by atoms with Gasteiger partial charge in [0.25, 0.3) is 10.0 Å². The van der Waals surface area contributed by atoms with Crippen LogP contribution < -0.4 is 10.0 Å². The molecule has 3 aromatic rings. The van der Waals surface area contributed by atoms with Crippen LogP contribution in [0.1, 0.15) is 12.5 Å². The minimum absolute atomic E-state index is 0.00309. The molecule has 1 atom stereocenters. The first-order valence-corrected chi connectivity index (χ1v) is 12.5. The number of halogens is 1. The number of carboxylic acid groups (broad SMARTS) is 1. The lowest BCUT2D eigenvalue weighted by atomic mass is 10.1. The van der Waals surface area contributed by atoms with Gasteiger partial charge < -0.3 is 15.3 Å². The van der Waals surface area contributed by atoms with E-state index in [1.54, 1.807) is 24.3 Å². The summed E-state index contributed by atoms with van der Waals surface area (Å²) < 4.78 is 41.4. The first-order chi connectivity index (χ1) is 16.7. The van der Waals surface area contributed by atoms with E-state index in [1.807, 2.05) is 19.1 Å². The van der Waals surface area contributed by atoms with E-state index >= 15 is 0 Å². The van der Waals surface area contributed by atoms with Gasteiger partial charge in [0.1, 0.15) is 16.5 Å². The van der Waals surface area contributed by atoms with E-state index in [-0.39, 0.29) is 16.8 Å². The quantitative estimate of drug-likeness (QED) is 0.451. The van der Waals surface area contributed by atoms with E-state index in [9.17, 15) is 22.7 Å². The fourth-order valence-corrected chi connectivity index (χ4v) is 4.94. The van der Waals surface area contributed by atoms with Crippen molar-refractivity contribution >= 4 is 33.3 Å². The lowest BCUT2D eigenvalue weighted by molar-refractivity contribution is 0.0711. The van der Waals surface area contributed by atoms with Crippen LogP contribution >= 0.6 is 0 Å². The summed E-state index contributed by atoms with van der Waals surface area (Å²) >= 11 is 0. The van der Waals surface area contributed by atoms with Crippen LogP contribution in [-0.4, -0.2) is 60.1 Å². The summed E-state index contributed by atoms with van der Waals surface area (Å²) in [4.78, 5) is 18.9. The van der Waals surface area contributed by atoms with Crippen molar-refractivity contribution in [3.05, 3.63) is 78.2 Å². The minimum atomic E-state index is -3.84. The van der Waals surface area contributed by atoms with Crippen LogP contribution in [0.5, 0.6) is 0 Å². The van der Waals surface area contributed by atoms with Crippen LogP contribution in [0.3, 0.4) is 0 Å². The molecule has 0 spiro atoms. The summed E-state index contributed by atoms with van der Waals surface area (Å²) in [6, 6.07) is 15.8. The zero-order valence-corrected chi connectivity index (χ0v) is 19.9. The number of nitrogens with one attached hydrogen (secondary N) is 2. The summed E-state index contributed by atoms with van der Waals surface area (Å²) in [7, 11) is -3.84. The number of hydrogen-bond acceptors (Lipinski definition) is 6. The molecule has 3 N–H and O–H groups in total. The third-order valence-corrected chi connectivity index (χ3v) is 7.08. The van der Waals surface area contributed by atoms with Gasteiger partial charge in [-0.2, -0.15) is 0 Å². The lowest BCUT2D eigenvalue weighted by Crippen LogP contribution is -2.53. The molecule has 0 bridgehead atoms. The standard InChI is InChI=1S/C24H26FN5O4S/c1-17-15-29(11-12-30(17)24(31)32)16-18-5-7-20(8-6-18)28-35(33,34)22-9-10-23(26-14-22)27-21-4-2-3-19(25)13-21/h2-10,13-14,17,28H,11-12,15-16H2,1H3,(H,26,27)(H,31,32)/t17-/m0/s1. The van der Waals surface area contributed by atoms with Gasteiger partial charge in [-0.25, -0.2) is 22.6 Å². The number of aromatic nitrogens is 1. The average molecular weight is 500 g/mol. The Labute approximate surface area is 203 Å². The number of sulfonamides is 1. The van der Waals surface area contributed by atoms with Gasteiger partial charge in [0.05, 0.1) is 0 Å². The van der Waals surface area contributed by atoms with Gasteiger partial charge in [0, 0.05) is 49.8 Å². The van der Waals surface area contributed by atoms with Gasteiger partial charge >= 0.3 is 6.09 Å². The Balaban J connectivity index is 1.35. The number of carbonyl (C=O) groups is 1. The molecule has 1 saturated heterocycles. The van der Waals surface area contributed by atoms with Gasteiger partial charge in [-0.05, 0) is 55.0 Å². The molecular formula is C24H26FN5O4S. The minimum Gasteiger partial charge on any atom is -0.465 e. The highest BCUT2D eigenvalue weighted by molar-refractivity contribution is 7.92. The molecule has 0 aliphatic carbocycles. The van der Waals surface area contributed by atoms with Crippen LogP contribution in [0, 0.1) is 5.82 Å². The Bertz CT molecular complexity index is 1290. The molecule has 1 aliphatic heterocycles. The Kier molecular flexibility index (Phi) is 7.17. The maximum atomic E-state index is 13.3. The van der Waals surface area contributed by atoms with Crippen molar-refractivity contribution in [1.82, 2.24) is 14.8 Å². The smallest absolute Gasteiger partial charge is 0.407 e. The maximum absolute atomic E-state index is 13.3. The number of rotatable bonds is 7. The monoisotopic (exact) mass is 499 g/mol. The van der Waals surface area contributed by atoms with Crippen LogP contribution in [0.15, 0.2) is 71.8 Å². The van der Waals surface area contributed by atoms with E-state index in [1.165, 1.54) is 35.4 Å². The van der Waals surface area contributed by atoms with Crippen molar-refractivity contribution in [3.63, 3.8) is 0 Å². The van der Waals surface area contributed by atoms with E-state index < -0.39 is 16.1 Å². The number of benzene rings is 2. The Morgan fingerprint density at radius 1 is 1.11 bits per heavy atom. The van der Waals surface area contributed by atoms with E-state index in [0.717, 1.165) is 5.56 Å². The van der Waals surface area contributed by atoms with E-state index in [2.05, 4.69) is 19.9 Å². The number of hydrogen-bond donors (Lipinski definition) is 3. The fraction of sp³-hybridized carbons (Fsp3) is 0.250. The zero-order chi connectivity index (χ0) is 25.0. The van der Waals surface area contributed by atoms with Gasteiger partial charge in [-0.15, -0.1) is 0 Å². The molecular weight excluding hydrogens is 473 g/mol. The Morgan fingerprint density at radius 3 is 2.51 bits per heavy atom. The van der Waals surface area contributed by atoms with Gasteiger partial charge in [-0.3, -0.25) is 9.62 Å².